The minimum atomic E-state index is -4.53. The number of hydrogen-bond donors (Lipinski definition) is 0. The highest BCUT2D eigenvalue weighted by atomic mass is 19.4. The molecule has 0 aliphatic carbocycles. The van der Waals surface area contributed by atoms with Crippen LogP contribution in [-0.2, 0) is 11.0 Å². The lowest BCUT2D eigenvalue weighted by atomic mass is 10.1. The number of Topliss-reactive ketones (excluding diaryl/α,β-unsaturated/α-hetero) is 1. The molecule has 4 heterocycles. The van der Waals surface area contributed by atoms with Gasteiger partial charge in [-0.25, -0.2) is 9.67 Å². The number of hydrogen-bond acceptors (Lipinski definition) is 6. The Morgan fingerprint density at radius 3 is 2.52 bits per heavy atom. The lowest BCUT2D eigenvalue weighted by molar-refractivity contribution is -0.142. The zero-order chi connectivity index (χ0) is 28.7. The Labute approximate surface area is 229 Å². The number of likely N-dealkylation sites (tertiary alicyclic amines) is 1. The first-order valence-corrected chi connectivity index (χ1v) is 12.6. The molecular formula is C29H28F3N5O3. The van der Waals surface area contributed by atoms with E-state index in [9.17, 15) is 22.8 Å². The molecule has 1 fully saturated rings. The quantitative estimate of drug-likeness (QED) is 0.280. The molecule has 0 atom stereocenters. The van der Waals surface area contributed by atoms with E-state index >= 15 is 0 Å². The summed E-state index contributed by atoms with van der Waals surface area (Å²) in [5.74, 6) is 1.02. The monoisotopic (exact) mass is 551 g/mol. The van der Waals surface area contributed by atoms with Crippen LogP contribution in [0.5, 0.6) is 5.75 Å². The molecule has 11 heteroatoms. The Kier molecular flexibility index (Phi) is 8.93. The van der Waals surface area contributed by atoms with Crippen LogP contribution in [0.2, 0.25) is 0 Å². The molecule has 5 rings (SSSR count). The Hall–Kier alpha value is -4.54. The van der Waals surface area contributed by atoms with Crippen LogP contribution in [-0.4, -0.2) is 56.0 Å². The lowest BCUT2D eigenvalue weighted by Gasteiger charge is -2.15. The average molecular weight is 552 g/mol. The van der Waals surface area contributed by atoms with E-state index in [1.807, 2.05) is 17.9 Å². The highest BCUT2D eigenvalue weighted by Crippen LogP contribution is 2.33. The molecule has 0 N–H and O–H groups in total. The van der Waals surface area contributed by atoms with Gasteiger partial charge >= 0.3 is 6.18 Å². The highest BCUT2D eigenvalue weighted by molar-refractivity contribution is 5.94. The van der Waals surface area contributed by atoms with Crippen LogP contribution in [0, 0.1) is 6.92 Å². The fraction of sp³-hybridized carbons (Fsp3) is 0.276. The third kappa shape index (κ3) is 7.31. The van der Waals surface area contributed by atoms with Gasteiger partial charge in [0.2, 0.25) is 5.91 Å². The summed E-state index contributed by atoms with van der Waals surface area (Å²) in [6, 6.07) is 14.6. The van der Waals surface area contributed by atoms with E-state index in [2.05, 4.69) is 15.1 Å². The fourth-order valence-corrected chi connectivity index (χ4v) is 4.02. The van der Waals surface area contributed by atoms with Crippen molar-refractivity contribution in [2.24, 2.45) is 0 Å². The minimum absolute atomic E-state index is 0.0233. The third-order valence-electron chi connectivity index (χ3n) is 6.11. The lowest BCUT2D eigenvalue weighted by Crippen LogP contribution is -2.29. The molecule has 1 aromatic carbocycles. The summed E-state index contributed by atoms with van der Waals surface area (Å²) in [5.41, 5.74) is 1.34. The Morgan fingerprint density at radius 1 is 1.07 bits per heavy atom. The number of pyridine rings is 2. The maximum atomic E-state index is 13.2. The summed E-state index contributed by atoms with van der Waals surface area (Å²) in [4.78, 5) is 32.3. The SMILES string of the molecule is CC(=O)c1cccc(OCCN2CCCC2=O)c1.Cc1ccc(-n2nc(-c3cccnc3)cc2C(F)(F)F)nc1. The minimum Gasteiger partial charge on any atom is -0.492 e. The van der Waals surface area contributed by atoms with Gasteiger partial charge in [0.05, 0.1) is 12.2 Å². The van der Waals surface area contributed by atoms with E-state index in [4.69, 9.17) is 4.74 Å². The first-order chi connectivity index (χ1) is 19.1. The molecule has 1 saturated heterocycles. The van der Waals surface area contributed by atoms with Crippen molar-refractivity contribution in [1.29, 1.82) is 0 Å². The molecule has 0 radical (unpaired) electrons. The number of aromatic nitrogens is 4. The van der Waals surface area contributed by atoms with Gasteiger partial charge in [-0.2, -0.15) is 18.3 Å². The average Bonchev–Trinajstić information content (AvgIpc) is 3.57. The summed E-state index contributed by atoms with van der Waals surface area (Å²) in [6.07, 6.45) is 1.58. The molecule has 0 bridgehead atoms. The molecule has 40 heavy (non-hydrogen) atoms. The zero-order valence-electron chi connectivity index (χ0n) is 22.1. The van der Waals surface area contributed by atoms with E-state index in [1.165, 1.54) is 25.4 Å². The predicted molar refractivity (Wildman–Crippen MR) is 142 cm³/mol. The number of ether oxygens (including phenoxy) is 1. The zero-order valence-corrected chi connectivity index (χ0v) is 22.1. The summed E-state index contributed by atoms with van der Waals surface area (Å²) in [5, 5.41) is 4.04. The number of alkyl halides is 3. The second-order valence-corrected chi connectivity index (χ2v) is 9.18. The molecule has 0 unspecified atom stereocenters. The maximum absolute atomic E-state index is 13.2. The number of rotatable bonds is 7. The van der Waals surface area contributed by atoms with E-state index in [-0.39, 0.29) is 23.2 Å². The Morgan fingerprint density at radius 2 is 1.90 bits per heavy atom. The van der Waals surface area contributed by atoms with Crippen LogP contribution >= 0.6 is 0 Å². The number of halogens is 3. The van der Waals surface area contributed by atoms with Crippen LogP contribution in [0.4, 0.5) is 13.2 Å². The normalized spacial score (nSPS) is 13.1. The number of amides is 1. The predicted octanol–water partition coefficient (Wildman–Crippen LogP) is 5.55. The summed E-state index contributed by atoms with van der Waals surface area (Å²) < 4.78 is 46.1. The smallest absolute Gasteiger partial charge is 0.433 e. The van der Waals surface area contributed by atoms with E-state index in [0.29, 0.717) is 36.4 Å². The van der Waals surface area contributed by atoms with Crippen molar-refractivity contribution < 1.29 is 27.5 Å². The molecular weight excluding hydrogens is 523 g/mol. The van der Waals surface area contributed by atoms with Gasteiger partial charge in [-0.05, 0) is 62.2 Å². The number of carbonyl (C=O) groups is 2. The van der Waals surface area contributed by atoms with Gasteiger partial charge < -0.3 is 9.64 Å². The van der Waals surface area contributed by atoms with Crippen LogP contribution in [0.25, 0.3) is 17.1 Å². The van der Waals surface area contributed by atoms with Crippen molar-refractivity contribution in [3.8, 4) is 22.8 Å². The molecule has 1 amide bonds. The summed E-state index contributed by atoms with van der Waals surface area (Å²) >= 11 is 0. The van der Waals surface area contributed by atoms with Gasteiger partial charge in [0, 0.05) is 42.7 Å². The summed E-state index contributed by atoms with van der Waals surface area (Å²) in [6.45, 7) is 5.25. The van der Waals surface area contributed by atoms with Crippen molar-refractivity contribution >= 4 is 11.7 Å². The summed E-state index contributed by atoms with van der Waals surface area (Å²) in [7, 11) is 0. The molecule has 4 aromatic rings. The third-order valence-corrected chi connectivity index (χ3v) is 6.11. The van der Waals surface area contributed by atoms with Gasteiger partial charge in [-0.1, -0.05) is 18.2 Å². The molecule has 0 saturated carbocycles. The number of ketones is 1. The van der Waals surface area contributed by atoms with Crippen molar-refractivity contribution in [2.45, 2.75) is 32.9 Å². The molecule has 3 aromatic heterocycles. The largest absolute Gasteiger partial charge is 0.492 e. The fourth-order valence-electron chi connectivity index (χ4n) is 4.02. The number of nitrogens with zero attached hydrogens (tertiary/aromatic N) is 5. The first kappa shape index (κ1) is 28.5. The van der Waals surface area contributed by atoms with Crippen LogP contribution in [0.3, 0.4) is 0 Å². The van der Waals surface area contributed by atoms with Crippen LogP contribution in [0.1, 0.15) is 41.4 Å². The molecule has 8 nitrogen and oxygen atoms in total. The maximum Gasteiger partial charge on any atom is 0.433 e. The second kappa shape index (κ2) is 12.5. The molecule has 1 aliphatic heterocycles. The number of benzene rings is 1. The topological polar surface area (TPSA) is 90.2 Å². The van der Waals surface area contributed by atoms with E-state index in [1.54, 1.807) is 42.6 Å². The van der Waals surface area contributed by atoms with Gasteiger partial charge in [0.1, 0.15) is 12.4 Å². The molecule has 1 aliphatic rings. The van der Waals surface area contributed by atoms with Gasteiger partial charge in [-0.3, -0.25) is 14.6 Å². The Balaban J connectivity index is 0.000000189. The van der Waals surface area contributed by atoms with Gasteiger partial charge in [0.25, 0.3) is 0 Å². The van der Waals surface area contributed by atoms with Gasteiger partial charge in [0.15, 0.2) is 17.3 Å². The van der Waals surface area contributed by atoms with Gasteiger partial charge in [-0.15, -0.1) is 0 Å². The highest BCUT2D eigenvalue weighted by Gasteiger charge is 2.36. The van der Waals surface area contributed by atoms with Crippen molar-refractivity contribution in [1.82, 2.24) is 24.6 Å². The van der Waals surface area contributed by atoms with E-state index < -0.39 is 11.9 Å². The van der Waals surface area contributed by atoms with E-state index in [0.717, 1.165) is 29.3 Å². The standard InChI is InChI=1S/C15H11F3N4.C14H17NO3/c1-10-4-5-14(20-8-10)22-13(15(16,17)18)7-12(21-22)11-3-2-6-19-9-11;1-11(16)12-4-2-5-13(10-12)18-9-8-15-7-3-6-14(15)17/h2-9H,1H3;2,4-5,10H,3,6-9H2,1H3. The number of aryl methyl sites for hydroxylation is 1. The van der Waals surface area contributed by atoms with Crippen LogP contribution in [0.15, 0.2) is 73.2 Å². The first-order valence-electron chi connectivity index (χ1n) is 12.6. The van der Waals surface area contributed by atoms with Crippen molar-refractivity contribution in [2.75, 3.05) is 19.7 Å². The van der Waals surface area contributed by atoms with Crippen molar-refractivity contribution in [3.63, 3.8) is 0 Å². The molecule has 208 valence electrons. The van der Waals surface area contributed by atoms with Crippen LogP contribution < -0.4 is 4.74 Å². The molecule has 0 spiro atoms. The second-order valence-electron chi connectivity index (χ2n) is 9.18. The van der Waals surface area contributed by atoms with Crippen molar-refractivity contribution in [3.05, 3.63) is 90.0 Å². The number of carbonyl (C=O) groups excluding carboxylic acids is 2. The Bertz CT molecular complexity index is 1450.